The van der Waals surface area contributed by atoms with Gasteiger partial charge in [-0.25, -0.2) is 5.10 Å². The molecule has 1 amide bonds. The van der Waals surface area contributed by atoms with Crippen molar-refractivity contribution in [2.45, 2.75) is 12.8 Å². The summed E-state index contributed by atoms with van der Waals surface area (Å²) >= 11 is 7.27. The molecule has 2 aromatic heterocycles. The molecule has 0 aliphatic rings. The van der Waals surface area contributed by atoms with Crippen molar-refractivity contribution in [3.05, 3.63) is 27.7 Å². The minimum absolute atomic E-state index is 0.0960. The molecule has 0 fully saturated rings. The third-order valence-corrected chi connectivity index (χ3v) is 3.19. The standard InChI is InChI=1S/C9H9ClN4OS/c10-7-3-1-6(16-7)2-4-8(15)13-9-11-5-12-14-9/h1,3,5H,2,4H2,(H2,11,12,13,14,15). The maximum atomic E-state index is 11.5. The number of amides is 1. The van der Waals surface area contributed by atoms with Gasteiger partial charge < -0.3 is 0 Å². The van der Waals surface area contributed by atoms with Gasteiger partial charge >= 0.3 is 0 Å². The van der Waals surface area contributed by atoms with E-state index in [2.05, 4.69) is 20.5 Å². The Morgan fingerprint density at radius 1 is 1.56 bits per heavy atom. The van der Waals surface area contributed by atoms with Gasteiger partial charge in [0.15, 0.2) is 0 Å². The molecule has 0 saturated carbocycles. The number of hydrogen-bond donors (Lipinski definition) is 2. The molecule has 0 saturated heterocycles. The van der Waals surface area contributed by atoms with Gasteiger partial charge in [-0.05, 0) is 18.6 Å². The predicted molar refractivity (Wildman–Crippen MR) is 62.7 cm³/mol. The summed E-state index contributed by atoms with van der Waals surface area (Å²) in [6, 6.07) is 3.75. The number of aromatic nitrogens is 3. The van der Waals surface area contributed by atoms with Gasteiger partial charge in [0.1, 0.15) is 6.33 Å². The van der Waals surface area contributed by atoms with E-state index in [0.29, 0.717) is 18.8 Å². The molecule has 0 aliphatic carbocycles. The van der Waals surface area contributed by atoms with Gasteiger partial charge in [0.05, 0.1) is 4.34 Å². The molecule has 0 unspecified atom stereocenters. The topological polar surface area (TPSA) is 70.7 Å². The second-order valence-corrected chi connectivity index (χ2v) is 4.89. The summed E-state index contributed by atoms with van der Waals surface area (Å²) in [4.78, 5) is 16.4. The van der Waals surface area contributed by atoms with Crippen LogP contribution in [0.15, 0.2) is 18.5 Å². The van der Waals surface area contributed by atoms with Crippen molar-refractivity contribution in [1.29, 1.82) is 0 Å². The van der Waals surface area contributed by atoms with Crippen molar-refractivity contribution in [2.75, 3.05) is 5.32 Å². The quantitative estimate of drug-likeness (QED) is 0.880. The van der Waals surface area contributed by atoms with E-state index < -0.39 is 0 Å². The molecular formula is C9H9ClN4OS. The van der Waals surface area contributed by atoms with Gasteiger partial charge in [-0.2, -0.15) is 10.1 Å². The van der Waals surface area contributed by atoms with Crippen LogP contribution in [-0.2, 0) is 11.2 Å². The molecule has 0 spiro atoms. The van der Waals surface area contributed by atoms with E-state index in [-0.39, 0.29) is 5.91 Å². The first-order valence-corrected chi connectivity index (χ1v) is 5.83. The van der Waals surface area contributed by atoms with Gasteiger partial charge in [0, 0.05) is 11.3 Å². The lowest BCUT2D eigenvalue weighted by molar-refractivity contribution is -0.116. The number of rotatable bonds is 4. The van der Waals surface area contributed by atoms with E-state index in [0.717, 1.165) is 9.21 Å². The van der Waals surface area contributed by atoms with Crippen LogP contribution < -0.4 is 5.32 Å². The van der Waals surface area contributed by atoms with Crippen LogP contribution in [0.1, 0.15) is 11.3 Å². The Morgan fingerprint density at radius 3 is 3.06 bits per heavy atom. The number of aryl methyl sites for hydroxylation is 1. The molecule has 2 N–H and O–H groups in total. The number of anilines is 1. The van der Waals surface area contributed by atoms with Gasteiger partial charge in [-0.15, -0.1) is 11.3 Å². The number of thiophene rings is 1. The third-order valence-electron chi connectivity index (χ3n) is 1.90. The summed E-state index contributed by atoms with van der Waals surface area (Å²) in [5.41, 5.74) is 0. The van der Waals surface area contributed by atoms with Gasteiger partial charge in [-0.1, -0.05) is 11.6 Å². The monoisotopic (exact) mass is 256 g/mol. The lowest BCUT2D eigenvalue weighted by Gasteiger charge is -1.99. The van der Waals surface area contributed by atoms with E-state index in [9.17, 15) is 4.79 Å². The lowest BCUT2D eigenvalue weighted by Crippen LogP contribution is -2.13. The Bertz CT molecular complexity index is 468. The zero-order valence-electron chi connectivity index (χ0n) is 8.24. The van der Waals surface area contributed by atoms with E-state index in [4.69, 9.17) is 11.6 Å². The number of H-pyrrole nitrogens is 1. The molecule has 0 atom stereocenters. The highest BCUT2D eigenvalue weighted by atomic mass is 35.5. The van der Waals surface area contributed by atoms with Gasteiger partial charge in [0.25, 0.3) is 0 Å². The van der Waals surface area contributed by atoms with E-state index in [1.54, 1.807) is 0 Å². The predicted octanol–water partition coefficient (Wildman–Crippen LogP) is 2.09. The molecule has 2 heterocycles. The van der Waals surface area contributed by atoms with Crippen molar-refractivity contribution < 1.29 is 4.79 Å². The van der Waals surface area contributed by atoms with Crippen LogP contribution in [0.3, 0.4) is 0 Å². The highest BCUT2D eigenvalue weighted by Gasteiger charge is 2.05. The molecule has 84 valence electrons. The maximum absolute atomic E-state index is 11.5. The Morgan fingerprint density at radius 2 is 2.44 bits per heavy atom. The van der Waals surface area contributed by atoms with Crippen molar-refractivity contribution in [1.82, 2.24) is 15.2 Å². The average Bonchev–Trinajstić information content (AvgIpc) is 2.87. The second-order valence-electron chi connectivity index (χ2n) is 3.09. The number of aromatic amines is 1. The fourth-order valence-corrected chi connectivity index (χ4v) is 2.27. The number of nitrogens with zero attached hydrogens (tertiary/aromatic N) is 2. The first-order valence-electron chi connectivity index (χ1n) is 4.63. The largest absolute Gasteiger partial charge is 0.295 e. The molecule has 0 radical (unpaired) electrons. The summed E-state index contributed by atoms with van der Waals surface area (Å²) in [7, 11) is 0. The van der Waals surface area contributed by atoms with E-state index >= 15 is 0 Å². The van der Waals surface area contributed by atoms with Crippen LogP contribution in [0.25, 0.3) is 0 Å². The Labute approximate surface area is 101 Å². The highest BCUT2D eigenvalue weighted by molar-refractivity contribution is 7.16. The first-order chi connectivity index (χ1) is 7.74. The van der Waals surface area contributed by atoms with Crippen LogP contribution in [0, 0.1) is 0 Å². The number of carbonyl (C=O) groups is 1. The van der Waals surface area contributed by atoms with Crippen molar-refractivity contribution in [2.24, 2.45) is 0 Å². The normalized spacial score (nSPS) is 10.3. The van der Waals surface area contributed by atoms with Crippen LogP contribution in [0.4, 0.5) is 5.95 Å². The second kappa shape index (κ2) is 5.09. The van der Waals surface area contributed by atoms with Gasteiger partial charge in [0.2, 0.25) is 11.9 Å². The Hall–Kier alpha value is -1.40. The van der Waals surface area contributed by atoms with Crippen molar-refractivity contribution >= 4 is 34.8 Å². The van der Waals surface area contributed by atoms with Crippen LogP contribution >= 0.6 is 22.9 Å². The summed E-state index contributed by atoms with van der Waals surface area (Å²) < 4.78 is 0.741. The minimum Gasteiger partial charge on any atom is -0.295 e. The Kier molecular flexibility index (Phi) is 3.53. The molecule has 2 aromatic rings. The summed E-state index contributed by atoms with van der Waals surface area (Å²) in [6.07, 6.45) is 2.42. The molecular weight excluding hydrogens is 248 g/mol. The molecule has 5 nitrogen and oxygen atoms in total. The third kappa shape index (κ3) is 3.04. The average molecular weight is 257 g/mol. The number of carbonyl (C=O) groups excluding carboxylic acids is 1. The van der Waals surface area contributed by atoms with E-state index in [1.807, 2.05) is 12.1 Å². The van der Waals surface area contributed by atoms with Gasteiger partial charge in [-0.3, -0.25) is 10.1 Å². The number of hydrogen-bond acceptors (Lipinski definition) is 4. The zero-order chi connectivity index (χ0) is 11.4. The van der Waals surface area contributed by atoms with Crippen molar-refractivity contribution in [3.8, 4) is 0 Å². The number of nitrogens with one attached hydrogen (secondary N) is 2. The Balaban J connectivity index is 1.80. The molecule has 7 heteroatoms. The molecule has 0 bridgehead atoms. The van der Waals surface area contributed by atoms with Crippen LogP contribution in [0.5, 0.6) is 0 Å². The first kappa shape index (κ1) is 11.1. The van der Waals surface area contributed by atoms with Crippen LogP contribution in [-0.4, -0.2) is 21.1 Å². The summed E-state index contributed by atoms with van der Waals surface area (Å²) in [6.45, 7) is 0. The lowest BCUT2D eigenvalue weighted by atomic mass is 10.2. The minimum atomic E-state index is -0.0960. The fraction of sp³-hybridized carbons (Fsp3) is 0.222. The van der Waals surface area contributed by atoms with Crippen LogP contribution in [0.2, 0.25) is 4.34 Å². The fourth-order valence-electron chi connectivity index (χ4n) is 1.18. The summed E-state index contributed by atoms with van der Waals surface area (Å²) in [5.74, 6) is 0.274. The van der Waals surface area contributed by atoms with Crippen molar-refractivity contribution in [3.63, 3.8) is 0 Å². The zero-order valence-corrected chi connectivity index (χ0v) is 9.81. The smallest absolute Gasteiger partial charge is 0.227 e. The molecule has 2 rings (SSSR count). The molecule has 16 heavy (non-hydrogen) atoms. The van der Waals surface area contributed by atoms with E-state index in [1.165, 1.54) is 17.7 Å². The summed E-state index contributed by atoms with van der Waals surface area (Å²) in [5, 5.41) is 8.79. The SMILES string of the molecule is O=C(CCc1ccc(Cl)s1)Nc1ncn[nH]1. The highest BCUT2D eigenvalue weighted by Crippen LogP contribution is 2.22. The molecule has 0 aromatic carbocycles. The maximum Gasteiger partial charge on any atom is 0.227 e. The number of halogens is 1. The molecule has 0 aliphatic heterocycles.